The van der Waals surface area contributed by atoms with E-state index in [1.54, 1.807) is 19.9 Å². The van der Waals surface area contributed by atoms with Crippen molar-refractivity contribution in [3.05, 3.63) is 101 Å². The van der Waals surface area contributed by atoms with Gasteiger partial charge in [0.05, 0.1) is 16.8 Å². The van der Waals surface area contributed by atoms with E-state index in [9.17, 15) is 14.7 Å². The summed E-state index contributed by atoms with van der Waals surface area (Å²) in [6, 6.07) is 23.8. The van der Waals surface area contributed by atoms with Gasteiger partial charge in [-0.2, -0.15) is 0 Å². The van der Waals surface area contributed by atoms with Crippen molar-refractivity contribution < 1.29 is 14.7 Å². The summed E-state index contributed by atoms with van der Waals surface area (Å²) >= 11 is 0. The zero-order chi connectivity index (χ0) is 25.8. The summed E-state index contributed by atoms with van der Waals surface area (Å²) < 4.78 is 0. The first-order chi connectivity index (χ1) is 17.4. The van der Waals surface area contributed by atoms with Crippen LogP contribution in [0.4, 0.5) is 5.69 Å². The van der Waals surface area contributed by atoms with Crippen LogP contribution in [-0.2, 0) is 16.0 Å². The van der Waals surface area contributed by atoms with E-state index in [4.69, 9.17) is 0 Å². The van der Waals surface area contributed by atoms with Crippen LogP contribution < -0.4 is 5.32 Å². The zero-order valence-corrected chi connectivity index (χ0v) is 21.0. The molecule has 1 heterocycles. The Bertz CT molecular complexity index is 1210. The highest BCUT2D eigenvalue weighted by atomic mass is 16.4. The molecule has 0 radical (unpaired) electrons. The number of anilines is 1. The SMILES string of the molecule is CCC(CC)(CC(=O)Nc1cccc(/C=C/c2cccc(C=CCCc3ccccc3)n2)c1)C(=O)O. The van der Waals surface area contributed by atoms with Crippen LogP contribution in [0.5, 0.6) is 0 Å². The number of aryl methyl sites for hydroxylation is 1. The molecule has 36 heavy (non-hydrogen) atoms. The minimum Gasteiger partial charge on any atom is -0.481 e. The molecule has 5 heteroatoms. The Hall–Kier alpha value is -3.99. The summed E-state index contributed by atoms with van der Waals surface area (Å²) in [5.74, 6) is -1.23. The number of carboxylic acids is 1. The van der Waals surface area contributed by atoms with Crippen molar-refractivity contribution in [2.45, 2.75) is 46.0 Å². The molecule has 1 aromatic heterocycles. The fraction of sp³-hybridized carbons (Fsp3) is 0.258. The van der Waals surface area contributed by atoms with Crippen LogP contribution >= 0.6 is 0 Å². The maximum atomic E-state index is 12.6. The predicted octanol–water partition coefficient (Wildman–Crippen LogP) is 7.12. The van der Waals surface area contributed by atoms with Gasteiger partial charge in [0.15, 0.2) is 0 Å². The third-order valence-electron chi connectivity index (χ3n) is 6.45. The minimum absolute atomic E-state index is 0.0506. The van der Waals surface area contributed by atoms with Crippen molar-refractivity contribution >= 4 is 35.8 Å². The molecule has 3 aromatic rings. The molecule has 0 atom stereocenters. The first-order valence-electron chi connectivity index (χ1n) is 12.4. The molecule has 2 aromatic carbocycles. The Kier molecular flexibility index (Phi) is 9.75. The summed E-state index contributed by atoms with van der Waals surface area (Å²) in [6.07, 6.45) is 10.8. The molecule has 1 amide bonds. The maximum Gasteiger partial charge on any atom is 0.310 e. The van der Waals surface area contributed by atoms with Crippen LogP contribution in [0.1, 0.15) is 62.0 Å². The van der Waals surface area contributed by atoms with E-state index in [1.807, 2.05) is 60.7 Å². The third kappa shape index (κ3) is 7.77. The summed E-state index contributed by atoms with van der Waals surface area (Å²) in [5.41, 5.74) is 3.58. The van der Waals surface area contributed by atoms with Crippen LogP contribution in [-0.4, -0.2) is 22.0 Å². The van der Waals surface area contributed by atoms with Crippen molar-refractivity contribution in [3.8, 4) is 0 Å². The number of aromatic nitrogens is 1. The Morgan fingerprint density at radius 1 is 0.889 bits per heavy atom. The number of carbonyl (C=O) groups excluding carboxylic acids is 1. The number of aliphatic carboxylic acids is 1. The average molecular weight is 483 g/mol. The average Bonchev–Trinajstić information content (AvgIpc) is 2.89. The summed E-state index contributed by atoms with van der Waals surface area (Å²) in [4.78, 5) is 28.9. The number of nitrogens with one attached hydrogen (secondary N) is 1. The first-order valence-corrected chi connectivity index (χ1v) is 12.4. The number of pyridine rings is 1. The van der Waals surface area contributed by atoms with Crippen LogP contribution in [0.25, 0.3) is 18.2 Å². The van der Waals surface area contributed by atoms with Gasteiger partial charge in [-0.25, -0.2) is 4.98 Å². The number of rotatable bonds is 12. The van der Waals surface area contributed by atoms with Crippen molar-refractivity contribution in [2.75, 3.05) is 5.32 Å². The molecule has 0 saturated heterocycles. The molecule has 0 unspecified atom stereocenters. The van der Waals surface area contributed by atoms with Gasteiger partial charge in [-0.15, -0.1) is 0 Å². The molecule has 0 fully saturated rings. The number of hydrogen-bond acceptors (Lipinski definition) is 3. The number of carbonyl (C=O) groups is 2. The molecular weight excluding hydrogens is 448 g/mol. The van der Waals surface area contributed by atoms with E-state index in [0.29, 0.717) is 18.5 Å². The van der Waals surface area contributed by atoms with E-state index in [0.717, 1.165) is 29.8 Å². The maximum absolute atomic E-state index is 12.6. The molecular formula is C31H34N2O3. The summed E-state index contributed by atoms with van der Waals surface area (Å²) in [7, 11) is 0. The second-order valence-corrected chi connectivity index (χ2v) is 8.89. The molecule has 0 aliphatic heterocycles. The van der Waals surface area contributed by atoms with Crippen LogP contribution in [0, 0.1) is 5.41 Å². The van der Waals surface area contributed by atoms with Crippen LogP contribution in [0.2, 0.25) is 0 Å². The van der Waals surface area contributed by atoms with Gasteiger partial charge in [0.1, 0.15) is 0 Å². The highest BCUT2D eigenvalue weighted by molar-refractivity contribution is 5.94. The van der Waals surface area contributed by atoms with Crippen molar-refractivity contribution in [1.29, 1.82) is 0 Å². The standard InChI is InChI=1S/C31H34N2O3/c1-3-31(4-2,30(35)36)23-29(34)33-28-19-10-15-25(22-28)20-21-27-18-11-17-26(32-27)16-9-8-14-24-12-6-5-7-13-24/h5-7,9-13,15-22H,3-4,8,14,23H2,1-2H3,(H,33,34)(H,35,36)/b16-9?,21-20+. The second kappa shape index (κ2) is 13.2. The van der Waals surface area contributed by atoms with E-state index >= 15 is 0 Å². The Morgan fingerprint density at radius 2 is 1.58 bits per heavy atom. The molecule has 0 saturated carbocycles. The quantitative estimate of drug-likeness (QED) is 0.288. The molecule has 0 aliphatic carbocycles. The van der Waals surface area contributed by atoms with Crippen molar-refractivity contribution in [3.63, 3.8) is 0 Å². The summed E-state index contributed by atoms with van der Waals surface area (Å²) in [6.45, 7) is 3.61. The lowest BCUT2D eigenvalue weighted by molar-refractivity contribution is -0.151. The van der Waals surface area contributed by atoms with E-state index in [2.05, 4.69) is 40.6 Å². The zero-order valence-electron chi connectivity index (χ0n) is 21.0. The van der Waals surface area contributed by atoms with Crippen LogP contribution in [0.3, 0.4) is 0 Å². The largest absolute Gasteiger partial charge is 0.481 e. The number of hydrogen-bond donors (Lipinski definition) is 2. The number of carboxylic acid groups (broad SMARTS) is 1. The highest BCUT2D eigenvalue weighted by Gasteiger charge is 2.37. The molecule has 5 nitrogen and oxygen atoms in total. The number of amides is 1. The number of benzene rings is 2. The highest BCUT2D eigenvalue weighted by Crippen LogP contribution is 2.31. The molecule has 3 rings (SSSR count). The van der Waals surface area contributed by atoms with E-state index in [-0.39, 0.29) is 12.3 Å². The monoisotopic (exact) mass is 482 g/mol. The van der Waals surface area contributed by atoms with Gasteiger partial charge in [0, 0.05) is 12.1 Å². The molecule has 0 spiro atoms. The van der Waals surface area contributed by atoms with E-state index < -0.39 is 11.4 Å². The lowest BCUT2D eigenvalue weighted by Gasteiger charge is -2.25. The lowest BCUT2D eigenvalue weighted by Crippen LogP contribution is -2.34. The second-order valence-electron chi connectivity index (χ2n) is 8.89. The minimum atomic E-state index is -1.03. The Balaban J connectivity index is 1.60. The number of allylic oxidation sites excluding steroid dienone is 1. The molecule has 0 aliphatic rings. The third-order valence-corrected chi connectivity index (χ3v) is 6.45. The number of nitrogens with zero attached hydrogens (tertiary/aromatic N) is 1. The van der Waals surface area contributed by atoms with Gasteiger partial charge >= 0.3 is 5.97 Å². The van der Waals surface area contributed by atoms with Gasteiger partial charge < -0.3 is 10.4 Å². The lowest BCUT2D eigenvalue weighted by atomic mass is 9.79. The topological polar surface area (TPSA) is 79.3 Å². The Morgan fingerprint density at radius 3 is 2.28 bits per heavy atom. The fourth-order valence-corrected chi connectivity index (χ4v) is 4.05. The molecule has 186 valence electrons. The van der Waals surface area contributed by atoms with Gasteiger partial charge in [-0.05, 0) is 73.2 Å². The van der Waals surface area contributed by atoms with Crippen LogP contribution in [0.15, 0.2) is 78.9 Å². The normalized spacial score (nSPS) is 11.7. The summed E-state index contributed by atoms with van der Waals surface area (Å²) in [5, 5.41) is 12.4. The molecule has 2 N–H and O–H groups in total. The van der Waals surface area contributed by atoms with E-state index in [1.165, 1.54) is 5.56 Å². The van der Waals surface area contributed by atoms with Crippen molar-refractivity contribution in [2.24, 2.45) is 5.41 Å². The first kappa shape index (κ1) is 26.6. The van der Waals surface area contributed by atoms with Gasteiger partial charge in [-0.3, -0.25) is 9.59 Å². The molecule has 0 bridgehead atoms. The predicted molar refractivity (Wildman–Crippen MR) is 147 cm³/mol. The fourth-order valence-electron chi connectivity index (χ4n) is 4.05. The smallest absolute Gasteiger partial charge is 0.310 e. The van der Waals surface area contributed by atoms with Gasteiger partial charge in [-0.1, -0.05) is 74.5 Å². The van der Waals surface area contributed by atoms with Crippen molar-refractivity contribution in [1.82, 2.24) is 4.98 Å². The van der Waals surface area contributed by atoms with Gasteiger partial charge in [0.2, 0.25) is 5.91 Å². The van der Waals surface area contributed by atoms with Gasteiger partial charge in [0.25, 0.3) is 0 Å². The Labute approximate surface area is 213 Å².